The maximum atomic E-state index is 12.8. The van der Waals surface area contributed by atoms with Gasteiger partial charge in [0.1, 0.15) is 11.5 Å². The third kappa shape index (κ3) is 2.73. The van der Waals surface area contributed by atoms with Crippen LogP contribution in [0.15, 0.2) is 36.4 Å². The van der Waals surface area contributed by atoms with Gasteiger partial charge in [-0.2, -0.15) is 0 Å². The topological polar surface area (TPSA) is 93.9 Å². The molecule has 9 heteroatoms. The summed E-state index contributed by atoms with van der Waals surface area (Å²) in [7, 11) is 1.51. The van der Waals surface area contributed by atoms with Gasteiger partial charge in [0, 0.05) is 24.1 Å². The van der Waals surface area contributed by atoms with E-state index in [9.17, 15) is 14.9 Å². The van der Waals surface area contributed by atoms with E-state index in [0.29, 0.717) is 34.2 Å². The number of carbonyl (C=O) groups is 1. The lowest BCUT2D eigenvalue weighted by Crippen LogP contribution is -2.65. The fourth-order valence-corrected chi connectivity index (χ4v) is 3.91. The van der Waals surface area contributed by atoms with Crippen molar-refractivity contribution in [2.75, 3.05) is 12.0 Å². The van der Waals surface area contributed by atoms with Crippen LogP contribution < -0.4 is 19.7 Å². The monoisotopic (exact) mass is 389 g/mol. The molecule has 2 aromatic rings. The van der Waals surface area contributed by atoms with Crippen LogP contribution in [0.25, 0.3) is 0 Å². The molecule has 1 saturated heterocycles. The van der Waals surface area contributed by atoms with Crippen LogP contribution in [0.2, 0.25) is 5.02 Å². The number of anilines is 1. The number of hydrogen-bond donors (Lipinski definition) is 1. The Kier molecular flexibility index (Phi) is 3.88. The quantitative estimate of drug-likeness (QED) is 0.631. The Labute approximate surface area is 159 Å². The molecule has 2 aliphatic rings. The first-order chi connectivity index (χ1) is 12.8. The lowest BCUT2D eigenvalue weighted by Gasteiger charge is -2.50. The van der Waals surface area contributed by atoms with Crippen LogP contribution in [0.4, 0.5) is 16.2 Å². The maximum Gasteiger partial charge on any atom is 0.325 e. The summed E-state index contributed by atoms with van der Waals surface area (Å²) in [5, 5.41) is 14.3. The second-order valence-corrected chi connectivity index (χ2v) is 7.02. The van der Waals surface area contributed by atoms with Crippen LogP contribution in [0.1, 0.15) is 24.9 Å². The van der Waals surface area contributed by atoms with Crippen molar-refractivity contribution in [3.05, 3.63) is 57.1 Å². The lowest BCUT2D eigenvalue weighted by atomic mass is 9.90. The van der Waals surface area contributed by atoms with Crippen LogP contribution >= 0.6 is 11.6 Å². The fourth-order valence-electron chi connectivity index (χ4n) is 3.66. The Bertz CT molecular complexity index is 966. The number of hydrogen-bond acceptors (Lipinski definition) is 5. The number of ether oxygens (including phenoxy) is 2. The summed E-state index contributed by atoms with van der Waals surface area (Å²) in [6.45, 7) is 1.81. The van der Waals surface area contributed by atoms with Gasteiger partial charge < -0.3 is 14.8 Å². The van der Waals surface area contributed by atoms with Gasteiger partial charge in [0.15, 0.2) is 5.72 Å². The van der Waals surface area contributed by atoms with Gasteiger partial charge in [0.05, 0.1) is 28.8 Å². The number of non-ortho nitro benzene ring substituents is 1. The molecule has 27 heavy (non-hydrogen) atoms. The van der Waals surface area contributed by atoms with E-state index in [1.807, 2.05) is 0 Å². The summed E-state index contributed by atoms with van der Waals surface area (Å²) in [5.41, 5.74) is 0.153. The van der Waals surface area contributed by atoms with Gasteiger partial charge in [-0.15, -0.1) is 0 Å². The van der Waals surface area contributed by atoms with Crippen molar-refractivity contribution >= 4 is 29.0 Å². The first-order valence-electron chi connectivity index (χ1n) is 8.24. The van der Waals surface area contributed by atoms with Crippen molar-refractivity contribution in [2.45, 2.75) is 25.1 Å². The molecule has 2 aliphatic heterocycles. The summed E-state index contributed by atoms with van der Waals surface area (Å²) in [5.74, 6) is 1.01. The minimum Gasteiger partial charge on any atom is -0.495 e. The molecule has 2 amide bonds. The molecule has 2 bridgehead atoms. The van der Waals surface area contributed by atoms with Crippen molar-refractivity contribution in [1.82, 2.24) is 5.32 Å². The largest absolute Gasteiger partial charge is 0.495 e. The highest BCUT2D eigenvalue weighted by molar-refractivity contribution is 6.32. The van der Waals surface area contributed by atoms with Crippen molar-refractivity contribution in [3.8, 4) is 11.5 Å². The van der Waals surface area contributed by atoms with Crippen molar-refractivity contribution in [1.29, 1.82) is 0 Å². The van der Waals surface area contributed by atoms with Gasteiger partial charge in [-0.25, -0.2) is 4.79 Å². The van der Waals surface area contributed by atoms with E-state index in [1.165, 1.54) is 24.1 Å². The zero-order valence-corrected chi connectivity index (χ0v) is 15.3. The molecule has 0 saturated carbocycles. The third-order valence-corrected chi connectivity index (χ3v) is 5.16. The number of nitro groups is 1. The molecule has 4 rings (SSSR count). The average Bonchev–Trinajstić information content (AvgIpc) is 2.60. The van der Waals surface area contributed by atoms with Gasteiger partial charge >= 0.3 is 6.03 Å². The van der Waals surface area contributed by atoms with Crippen molar-refractivity contribution < 1.29 is 19.2 Å². The SMILES string of the molecule is COc1ccc(N2C(=O)NC3C[C@@]2(C)Oc2ccc([N+](=O)[O-])cc23)cc1Cl. The Balaban J connectivity index is 1.76. The molecule has 2 atom stereocenters. The smallest absolute Gasteiger partial charge is 0.325 e. The van der Waals surface area contributed by atoms with E-state index < -0.39 is 10.6 Å². The summed E-state index contributed by atoms with van der Waals surface area (Å²) < 4.78 is 11.3. The molecular weight excluding hydrogens is 374 g/mol. The predicted molar refractivity (Wildman–Crippen MR) is 98.5 cm³/mol. The van der Waals surface area contributed by atoms with Crippen molar-refractivity contribution in [3.63, 3.8) is 0 Å². The van der Waals surface area contributed by atoms with Gasteiger partial charge in [0.25, 0.3) is 5.69 Å². The second kappa shape index (κ2) is 6.02. The molecule has 0 radical (unpaired) electrons. The zero-order chi connectivity index (χ0) is 19.3. The van der Waals surface area contributed by atoms with E-state index in [4.69, 9.17) is 21.1 Å². The molecule has 2 heterocycles. The van der Waals surface area contributed by atoms with Crippen molar-refractivity contribution in [2.24, 2.45) is 0 Å². The Morgan fingerprint density at radius 2 is 2.15 bits per heavy atom. The number of amides is 2. The standard InChI is InChI=1S/C18H16ClN3O5/c1-18-9-14(12-7-11(22(24)25)4-5-15(12)27-18)20-17(23)21(18)10-3-6-16(26-2)13(19)8-10/h3-8,14H,9H2,1-2H3,(H,20,23)/t14?,18-/m1/s1. The molecule has 8 nitrogen and oxygen atoms in total. The Morgan fingerprint density at radius 1 is 1.37 bits per heavy atom. The van der Waals surface area contributed by atoms with E-state index in [1.54, 1.807) is 31.2 Å². The number of fused-ring (bicyclic) bond motifs is 4. The minimum atomic E-state index is -0.964. The number of nitro benzene ring substituents is 1. The van der Waals surface area contributed by atoms with E-state index in [-0.39, 0.29) is 17.8 Å². The number of methoxy groups -OCH3 is 1. The molecule has 0 spiro atoms. The number of halogens is 1. The number of nitrogens with one attached hydrogen (secondary N) is 1. The number of nitrogens with zero attached hydrogens (tertiary/aromatic N) is 2. The Morgan fingerprint density at radius 3 is 2.81 bits per heavy atom. The minimum absolute atomic E-state index is 0.0421. The first-order valence-corrected chi connectivity index (χ1v) is 8.62. The number of rotatable bonds is 3. The highest BCUT2D eigenvalue weighted by atomic mass is 35.5. The van der Waals surface area contributed by atoms with Gasteiger partial charge in [0.2, 0.25) is 0 Å². The molecule has 0 aromatic heterocycles. The van der Waals surface area contributed by atoms with Gasteiger partial charge in [-0.1, -0.05) is 11.6 Å². The number of carbonyl (C=O) groups excluding carboxylic acids is 1. The van der Waals surface area contributed by atoms with Crippen LogP contribution in [0, 0.1) is 10.1 Å². The summed E-state index contributed by atoms with van der Waals surface area (Å²) >= 11 is 6.22. The molecular formula is C18H16ClN3O5. The van der Waals surface area contributed by atoms with Gasteiger partial charge in [-0.05, 0) is 31.2 Å². The van der Waals surface area contributed by atoms with Crippen LogP contribution in [0.5, 0.6) is 11.5 Å². The number of benzene rings is 2. The van der Waals surface area contributed by atoms with E-state index >= 15 is 0 Å². The molecule has 140 valence electrons. The highest BCUT2D eigenvalue weighted by Crippen LogP contribution is 2.47. The summed E-state index contributed by atoms with van der Waals surface area (Å²) in [6, 6.07) is 8.70. The predicted octanol–water partition coefficient (Wildman–Crippen LogP) is 4.03. The first kappa shape index (κ1) is 17.4. The number of urea groups is 1. The molecule has 1 N–H and O–H groups in total. The fraction of sp³-hybridized carbons (Fsp3) is 0.278. The second-order valence-electron chi connectivity index (χ2n) is 6.62. The molecule has 1 fully saturated rings. The zero-order valence-electron chi connectivity index (χ0n) is 14.6. The molecule has 1 unspecified atom stereocenters. The van der Waals surface area contributed by atoms with E-state index in [0.717, 1.165) is 0 Å². The summed E-state index contributed by atoms with van der Waals surface area (Å²) in [6.07, 6.45) is 0.427. The Hall–Kier alpha value is -3.00. The molecule has 0 aliphatic carbocycles. The van der Waals surface area contributed by atoms with Crippen LogP contribution in [0.3, 0.4) is 0 Å². The van der Waals surface area contributed by atoms with Gasteiger partial charge in [-0.3, -0.25) is 15.0 Å². The van der Waals surface area contributed by atoms with E-state index in [2.05, 4.69) is 5.32 Å². The third-order valence-electron chi connectivity index (χ3n) is 4.86. The average molecular weight is 390 g/mol. The van der Waals surface area contributed by atoms with Crippen LogP contribution in [-0.4, -0.2) is 23.8 Å². The normalized spacial score (nSPS) is 23.1. The summed E-state index contributed by atoms with van der Waals surface area (Å²) in [4.78, 5) is 24.9. The lowest BCUT2D eigenvalue weighted by molar-refractivity contribution is -0.385. The van der Waals surface area contributed by atoms with Crippen LogP contribution in [-0.2, 0) is 0 Å². The highest BCUT2D eigenvalue weighted by Gasteiger charge is 2.50. The maximum absolute atomic E-state index is 12.8. The molecule has 2 aromatic carbocycles.